The summed E-state index contributed by atoms with van der Waals surface area (Å²) < 4.78 is 49.7. The van der Waals surface area contributed by atoms with Crippen LogP contribution in [0.15, 0.2) is 186 Å². The van der Waals surface area contributed by atoms with Crippen LogP contribution in [-0.4, -0.2) is 0 Å². The van der Waals surface area contributed by atoms with Gasteiger partial charge in [-0.15, -0.1) is 0 Å². The van der Waals surface area contributed by atoms with Crippen LogP contribution in [0.5, 0.6) is 0 Å². The van der Waals surface area contributed by atoms with E-state index in [-0.39, 0.29) is 29.7 Å². The lowest BCUT2D eigenvalue weighted by molar-refractivity contribution is 0.633. The second-order valence-corrected chi connectivity index (χ2v) is 14.6. The van der Waals surface area contributed by atoms with Gasteiger partial charge in [-0.2, -0.15) is 0 Å². The van der Waals surface area contributed by atoms with Gasteiger partial charge in [-0.25, -0.2) is 0 Å². The summed E-state index contributed by atoms with van der Waals surface area (Å²) in [5, 5.41) is 7.34. The molecule has 1 aliphatic rings. The summed E-state index contributed by atoms with van der Waals surface area (Å²) in [5.41, 5.74) is 12.0. The van der Waals surface area contributed by atoms with Crippen LogP contribution < -0.4 is 0 Å². The van der Waals surface area contributed by atoms with Gasteiger partial charge in [-0.3, -0.25) is 0 Å². The van der Waals surface area contributed by atoms with E-state index in [4.69, 9.17) is 11.3 Å². The van der Waals surface area contributed by atoms with Gasteiger partial charge in [0.1, 0.15) is 11.3 Å². The van der Waals surface area contributed by atoms with Gasteiger partial charge >= 0.3 is 0 Å². The Morgan fingerprint density at radius 1 is 0.382 bits per heavy atom. The molecule has 55 heavy (non-hydrogen) atoms. The quantitative estimate of drug-likeness (QED) is 0.162. The Kier molecular flexibility index (Phi) is 6.38. The lowest BCUT2D eigenvalue weighted by Gasteiger charge is -2.20. The molecule has 9 aromatic carbocycles. The Hall–Kier alpha value is -6.70. The zero-order valence-corrected chi connectivity index (χ0v) is 30.2. The van der Waals surface area contributed by atoms with Crippen molar-refractivity contribution in [2.24, 2.45) is 0 Å². The SMILES string of the molecule is [2H]c1c([2H])c([2H])c(-c2ccc3c(-c4ccc(-c5oc6ccccc6c5-c5ccc6c(c5)CCCC6)c5ccccc45)c4ccccc4c(-c4ccccc4)c3c2)c([2H])c1[2H]. The van der Waals surface area contributed by atoms with Crippen LogP contribution in [0.4, 0.5) is 0 Å². The van der Waals surface area contributed by atoms with Crippen molar-refractivity contribution in [2.45, 2.75) is 25.7 Å². The third-order valence-electron chi connectivity index (χ3n) is 11.5. The average molecular weight is 708 g/mol. The fourth-order valence-electron chi connectivity index (χ4n) is 9.06. The maximum atomic E-state index is 8.85. The zero-order chi connectivity index (χ0) is 40.6. The zero-order valence-electron chi connectivity index (χ0n) is 35.2. The fourth-order valence-corrected chi connectivity index (χ4v) is 9.06. The van der Waals surface area contributed by atoms with Crippen molar-refractivity contribution in [3.8, 4) is 55.8 Å². The summed E-state index contributed by atoms with van der Waals surface area (Å²) in [5.74, 6) is 0.854. The molecule has 0 fully saturated rings. The minimum atomic E-state index is -0.402. The van der Waals surface area contributed by atoms with Gasteiger partial charge in [-0.1, -0.05) is 164 Å². The Morgan fingerprint density at radius 3 is 1.80 bits per heavy atom. The highest BCUT2D eigenvalue weighted by Crippen LogP contribution is 2.49. The van der Waals surface area contributed by atoms with Crippen molar-refractivity contribution in [2.75, 3.05) is 0 Å². The lowest BCUT2D eigenvalue weighted by atomic mass is 9.83. The topological polar surface area (TPSA) is 13.1 Å². The molecule has 1 heterocycles. The molecule has 0 amide bonds. The highest BCUT2D eigenvalue weighted by Gasteiger charge is 2.24. The average Bonchev–Trinajstić information content (AvgIpc) is 3.69. The van der Waals surface area contributed by atoms with Gasteiger partial charge < -0.3 is 4.42 Å². The van der Waals surface area contributed by atoms with E-state index in [0.717, 1.165) is 95.3 Å². The molecule has 1 aliphatic carbocycles. The van der Waals surface area contributed by atoms with Gasteiger partial charge in [0.2, 0.25) is 0 Å². The number of para-hydroxylation sites is 1. The number of hydrogen-bond acceptors (Lipinski definition) is 1. The molecule has 0 saturated carbocycles. The van der Waals surface area contributed by atoms with Gasteiger partial charge in [0.25, 0.3) is 0 Å². The van der Waals surface area contributed by atoms with E-state index in [0.29, 0.717) is 5.56 Å². The summed E-state index contributed by atoms with van der Waals surface area (Å²) >= 11 is 0. The number of fused-ring (bicyclic) bond motifs is 5. The van der Waals surface area contributed by atoms with Crippen LogP contribution in [0.25, 0.3) is 99.1 Å². The number of aryl methyl sites for hydroxylation is 2. The van der Waals surface area contributed by atoms with Crippen molar-refractivity contribution >= 4 is 43.3 Å². The van der Waals surface area contributed by atoms with Crippen molar-refractivity contribution in [1.82, 2.24) is 0 Å². The summed E-state index contributed by atoms with van der Waals surface area (Å²) in [6.45, 7) is 0. The first-order valence-electron chi connectivity index (χ1n) is 21.6. The molecule has 0 aliphatic heterocycles. The largest absolute Gasteiger partial charge is 0.455 e. The van der Waals surface area contributed by atoms with Crippen molar-refractivity contribution < 1.29 is 11.3 Å². The molecule has 260 valence electrons. The minimum Gasteiger partial charge on any atom is -0.455 e. The molecule has 10 aromatic rings. The molecular weight excluding hydrogens is 665 g/mol. The number of furan rings is 1. The molecular formula is C54H38O. The molecule has 1 heteroatoms. The normalized spacial score (nSPS) is 14.1. The fraction of sp³-hybridized carbons (Fsp3) is 0.0741. The molecule has 0 atom stereocenters. The predicted octanol–water partition coefficient (Wildman–Crippen LogP) is 15.1. The van der Waals surface area contributed by atoms with Crippen molar-refractivity contribution in [3.63, 3.8) is 0 Å². The standard InChI is InChI=1S/C54H38O/c1-3-15-35(16-4-1)39-29-30-46-49(34-39)51(37-18-5-2-6-19-37)43-23-11-12-24-44(43)53(46)45-31-32-47(42-22-10-9-21-41(42)45)54-52(48-25-13-14-26-50(48)55-54)40-28-27-36-17-7-8-20-38(36)33-40/h1-6,9-16,18-19,21-34H,7-8,17,20H2/i1D,3D,4D,15D,16D. The minimum absolute atomic E-state index is 0.187. The molecule has 11 rings (SSSR count). The van der Waals surface area contributed by atoms with E-state index in [2.05, 4.69) is 115 Å². The summed E-state index contributed by atoms with van der Waals surface area (Å²) in [4.78, 5) is 0. The smallest absolute Gasteiger partial charge is 0.143 e. The maximum Gasteiger partial charge on any atom is 0.143 e. The van der Waals surface area contributed by atoms with E-state index >= 15 is 0 Å². The van der Waals surface area contributed by atoms with Crippen LogP contribution in [0.1, 0.15) is 30.8 Å². The van der Waals surface area contributed by atoms with Gasteiger partial charge in [0.15, 0.2) is 0 Å². The first kappa shape index (κ1) is 27.0. The molecule has 0 saturated heterocycles. The van der Waals surface area contributed by atoms with E-state index in [1.54, 1.807) is 0 Å². The predicted molar refractivity (Wildman–Crippen MR) is 233 cm³/mol. The van der Waals surface area contributed by atoms with E-state index in [1.165, 1.54) is 29.5 Å². The van der Waals surface area contributed by atoms with Crippen LogP contribution in [-0.2, 0) is 12.8 Å². The molecule has 0 N–H and O–H groups in total. The third kappa shape index (κ3) is 5.22. The van der Waals surface area contributed by atoms with Crippen molar-refractivity contribution in [3.05, 3.63) is 193 Å². The Labute approximate surface area is 328 Å². The van der Waals surface area contributed by atoms with Crippen LogP contribution >= 0.6 is 0 Å². The van der Waals surface area contributed by atoms with Gasteiger partial charge in [0.05, 0.1) is 6.85 Å². The first-order valence-corrected chi connectivity index (χ1v) is 19.1. The second-order valence-electron chi connectivity index (χ2n) is 14.6. The molecule has 0 radical (unpaired) electrons. The first-order chi connectivity index (χ1) is 29.4. The number of hydrogen-bond donors (Lipinski definition) is 0. The maximum absolute atomic E-state index is 8.85. The Bertz CT molecular complexity index is 3350. The Balaban J connectivity index is 1.20. The van der Waals surface area contributed by atoms with Gasteiger partial charge in [0, 0.05) is 16.5 Å². The lowest BCUT2D eigenvalue weighted by Crippen LogP contribution is -2.02. The summed E-state index contributed by atoms with van der Waals surface area (Å²) in [6.07, 6.45) is 4.68. The molecule has 1 nitrogen and oxygen atoms in total. The molecule has 0 bridgehead atoms. The highest BCUT2D eigenvalue weighted by atomic mass is 16.3. The van der Waals surface area contributed by atoms with Gasteiger partial charge in [-0.05, 0) is 126 Å². The molecule has 1 aromatic heterocycles. The van der Waals surface area contributed by atoms with Crippen LogP contribution in [0.2, 0.25) is 0 Å². The van der Waals surface area contributed by atoms with E-state index in [9.17, 15) is 0 Å². The highest BCUT2D eigenvalue weighted by molar-refractivity contribution is 6.24. The van der Waals surface area contributed by atoms with Crippen LogP contribution in [0.3, 0.4) is 0 Å². The summed E-state index contributed by atoms with van der Waals surface area (Å²) in [7, 11) is 0. The second kappa shape index (κ2) is 13.0. The Morgan fingerprint density at radius 2 is 1.00 bits per heavy atom. The van der Waals surface area contributed by atoms with Crippen molar-refractivity contribution in [1.29, 1.82) is 0 Å². The molecule has 0 unspecified atom stereocenters. The summed E-state index contributed by atoms with van der Waals surface area (Å²) in [6, 6.07) is 51.6. The van der Waals surface area contributed by atoms with E-state index in [1.807, 2.05) is 36.4 Å². The monoisotopic (exact) mass is 707 g/mol. The van der Waals surface area contributed by atoms with Crippen LogP contribution in [0, 0.1) is 0 Å². The van der Waals surface area contributed by atoms with E-state index < -0.39 is 6.04 Å². The third-order valence-corrected chi connectivity index (χ3v) is 11.5. The number of rotatable bonds is 5. The number of benzene rings is 9. The molecule has 0 spiro atoms.